The minimum atomic E-state index is 0.616. The van der Waals surface area contributed by atoms with Crippen molar-refractivity contribution >= 4 is 5.82 Å². The number of aromatic nitrogens is 2. The van der Waals surface area contributed by atoms with Gasteiger partial charge in [0.2, 0.25) is 5.88 Å². The summed E-state index contributed by atoms with van der Waals surface area (Å²) in [6.45, 7) is 4.29. The Hall–Kier alpha value is -2.14. The molecule has 2 aromatic rings. The number of hydrogen-bond acceptors (Lipinski definition) is 5. The molecule has 5 nitrogen and oxygen atoms in total. The standard InChI is InChI=1S/C16H22N4O/c1-13-15(18-12-19-16(13)21-2)20(10-6-9-17)11-14-7-4-3-5-8-14/h3-5,7-8,12H,6,9-11,17H2,1-2H3. The zero-order chi connectivity index (χ0) is 15.1. The van der Waals surface area contributed by atoms with Crippen molar-refractivity contribution in [3.8, 4) is 5.88 Å². The number of nitrogens with zero attached hydrogens (tertiary/aromatic N) is 3. The molecule has 1 aromatic heterocycles. The highest BCUT2D eigenvalue weighted by molar-refractivity contribution is 5.50. The van der Waals surface area contributed by atoms with Crippen LogP contribution in [0.3, 0.4) is 0 Å². The summed E-state index contributed by atoms with van der Waals surface area (Å²) < 4.78 is 5.29. The second-order valence-corrected chi connectivity index (χ2v) is 4.88. The molecular formula is C16H22N4O. The zero-order valence-electron chi connectivity index (χ0n) is 12.6. The van der Waals surface area contributed by atoms with Crippen LogP contribution in [0.5, 0.6) is 5.88 Å². The van der Waals surface area contributed by atoms with Gasteiger partial charge in [-0.3, -0.25) is 0 Å². The number of anilines is 1. The summed E-state index contributed by atoms with van der Waals surface area (Å²) in [7, 11) is 1.63. The number of nitrogens with two attached hydrogens (primary N) is 1. The summed E-state index contributed by atoms with van der Waals surface area (Å²) in [6, 6.07) is 10.3. The largest absolute Gasteiger partial charge is 0.481 e. The highest BCUT2D eigenvalue weighted by Gasteiger charge is 2.14. The fraction of sp³-hybridized carbons (Fsp3) is 0.375. The van der Waals surface area contributed by atoms with Crippen molar-refractivity contribution in [1.29, 1.82) is 0 Å². The molecule has 1 heterocycles. The fourth-order valence-electron chi connectivity index (χ4n) is 2.30. The minimum absolute atomic E-state index is 0.616. The van der Waals surface area contributed by atoms with Gasteiger partial charge in [0.05, 0.1) is 12.7 Å². The second-order valence-electron chi connectivity index (χ2n) is 4.88. The van der Waals surface area contributed by atoms with Crippen molar-refractivity contribution in [2.24, 2.45) is 5.73 Å². The first-order valence-electron chi connectivity index (χ1n) is 7.10. The zero-order valence-corrected chi connectivity index (χ0v) is 12.6. The molecule has 1 aromatic carbocycles. The summed E-state index contributed by atoms with van der Waals surface area (Å²) in [5.74, 6) is 1.52. The predicted octanol–water partition coefficient (Wildman–Crippen LogP) is 2.15. The van der Waals surface area contributed by atoms with E-state index in [0.717, 1.165) is 30.9 Å². The minimum Gasteiger partial charge on any atom is -0.481 e. The Bertz CT molecular complexity index is 559. The number of rotatable bonds is 7. The molecule has 0 amide bonds. The van der Waals surface area contributed by atoms with E-state index in [1.54, 1.807) is 13.4 Å². The topological polar surface area (TPSA) is 64.3 Å². The molecule has 5 heteroatoms. The van der Waals surface area contributed by atoms with E-state index in [1.807, 2.05) is 25.1 Å². The lowest BCUT2D eigenvalue weighted by Crippen LogP contribution is -2.27. The molecule has 0 fully saturated rings. The quantitative estimate of drug-likeness (QED) is 0.845. The van der Waals surface area contributed by atoms with Crippen LogP contribution in [-0.4, -0.2) is 30.2 Å². The van der Waals surface area contributed by atoms with Crippen molar-refractivity contribution in [3.63, 3.8) is 0 Å². The third kappa shape index (κ3) is 3.92. The number of methoxy groups -OCH3 is 1. The first-order chi connectivity index (χ1) is 10.3. The van der Waals surface area contributed by atoms with Gasteiger partial charge >= 0.3 is 0 Å². The molecule has 0 radical (unpaired) electrons. The van der Waals surface area contributed by atoms with Gasteiger partial charge in [-0.2, -0.15) is 0 Å². The number of benzene rings is 1. The van der Waals surface area contributed by atoms with E-state index in [-0.39, 0.29) is 0 Å². The molecule has 0 unspecified atom stereocenters. The molecule has 0 aliphatic heterocycles. The van der Waals surface area contributed by atoms with Crippen molar-refractivity contribution in [1.82, 2.24) is 9.97 Å². The van der Waals surface area contributed by atoms with Crippen molar-refractivity contribution in [2.75, 3.05) is 25.1 Å². The molecular weight excluding hydrogens is 264 g/mol. The van der Waals surface area contributed by atoms with E-state index in [2.05, 4.69) is 27.0 Å². The lowest BCUT2D eigenvalue weighted by Gasteiger charge is -2.25. The van der Waals surface area contributed by atoms with Crippen LogP contribution in [0.2, 0.25) is 0 Å². The Labute approximate surface area is 125 Å². The van der Waals surface area contributed by atoms with Gasteiger partial charge < -0.3 is 15.4 Å². The normalized spacial score (nSPS) is 10.4. The van der Waals surface area contributed by atoms with Crippen LogP contribution in [0.15, 0.2) is 36.7 Å². The summed E-state index contributed by atoms with van der Waals surface area (Å²) in [5.41, 5.74) is 7.85. The van der Waals surface area contributed by atoms with Gasteiger partial charge in [0.15, 0.2) is 0 Å². The SMILES string of the molecule is COc1ncnc(N(CCCN)Cc2ccccc2)c1C. The molecule has 2 rings (SSSR count). The third-order valence-corrected chi connectivity index (χ3v) is 3.35. The molecule has 0 aliphatic rings. The molecule has 0 spiro atoms. The van der Waals surface area contributed by atoms with E-state index in [0.29, 0.717) is 12.4 Å². The van der Waals surface area contributed by atoms with Crippen LogP contribution in [0.25, 0.3) is 0 Å². The van der Waals surface area contributed by atoms with Gasteiger partial charge in [0.1, 0.15) is 12.1 Å². The van der Waals surface area contributed by atoms with Gasteiger partial charge in [-0.05, 0) is 25.5 Å². The van der Waals surface area contributed by atoms with Crippen LogP contribution in [-0.2, 0) is 6.54 Å². The Morgan fingerprint density at radius 1 is 1.19 bits per heavy atom. The average molecular weight is 286 g/mol. The van der Waals surface area contributed by atoms with Crippen LogP contribution < -0.4 is 15.4 Å². The smallest absolute Gasteiger partial charge is 0.221 e. The first-order valence-corrected chi connectivity index (χ1v) is 7.10. The van der Waals surface area contributed by atoms with E-state index in [9.17, 15) is 0 Å². The highest BCUT2D eigenvalue weighted by Crippen LogP contribution is 2.25. The van der Waals surface area contributed by atoms with Crippen LogP contribution >= 0.6 is 0 Å². The molecule has 0 atom stereocenters. The van der Waals surface area contributed by atoms with Crippen LogP contribution in [0.4, 0.5) is 5.82 Å². The predicted molar refractivity (Wildman–Crippen MR) is 84.5 cm³/mol. The first kappa shape index (κ1) is 15.3. The third-order valence-electron chi connectivity index (χ3n) is 3.35. The van der Waals surface area contributed by atoms with Gasteiger partial charge in [-0.25, -0.2) is 9.97 Å². The number of hydrogen-bond donors (Lipinski definition) is 1. The lowest BCUT2D eigenvalue weighted by molar-refractivity contribution is 0.393. The van der Waals surface area contributed by atoms with Crippen LogP contribution in [0.1, 0.15) is 17.5 Å². The number of ether oxygens (including phenoxy) is 1. The van der Waals surface area contributed by atoms with E-state index < -0.39 is 0 Å². The van der Waals surface area contributed by atoms with Crippen molar-refractivity contribution in [2.45, 2.75) is 19.9 Å². The molecule has 112 valence electrons. The summed E-state index contributed by atoms with van der Waals surface area (Å²) in [5, 5.41) is 0. The molecule has 0 bridgehead atoms. The average Bonchev–Trinajstić information content (AvgIpc) is 2.53. The maximum absolute atomic E-state index is 5.66. The van der Waals surface area contributed by atoms with Gasteiger partial charge in [-0.15, -0.1) is 0 Å². The highest BCUT2D eigenvalue weighted by atomic mass is 16.5. The monoisotopic (exact) mass is 286 g/mol. The van der Waals surface area contributed by atoms with E-state index >= 15 is 0 Å². The Kier molecular flexibility index (Phi) is 5.51. The van der Waals surface area contributed by atoms with Crippen molar-refractivity contribution < 1.29 is 4.74 Å². The Balaban J connectivity index is 2.27. The molecule has 0 saturated heterocycles. The second kappa shape index (κ2) is 7.59. The summed E-state index contributed by atoms with van der Waals surface area (Å²) >= 11 is 0. The molecule has 0 aliphatic carbocycles. The molecule has 2 N–H and O–H groups in total. The van der Waals surface area contributed by atoms with E-state index in [4.69, 9.17) is 10.5 Å². The Morgan fingerprint density at radius 3 is 2.62 bits per heavy atom. The lowest BCUT2D eigenvalue weighted by atomic mass is 10.2. The van der Waals surface area contributed by atoms with Gasteiger partial charge in [0, 0.05) is 13.1 Å². The van der Waals surface area contributed by atoms with Gasteiger partial charge in [-0.1, -0.05) is 30.3 Å². The Morgan fingerprint density at radius 2 is 1.95 bits per heavy atom. The van der Waals surface area contributed by atoms with Gasteiger partial charge in [0.25, 0.3) is 0 Å². The van der Waals surface area contributed by atoms with Crippen molar-refractivity contribution in [3.05, 3.63) is 47.8 Å². The van der Waals surface area contributed by atoms with E-state index in [1.165, 1.54) is 5.56 Å². The maximum atomic E-state index is 5.66. The maximum Gasteiger partial charge on any atom is 0.221 e. The summed E-state index contributed by atoms with van der Waals surface area (Å²) in [4.78, 5) is 10.8. The molecule has 0 saturated carbocycles. The fourth-order valence-corrected chi connectivity index (χ4v) is 2.30. The molecule has 21 heavy (non-hydrogen) atoms. The van der Waals surface area contributed by atoms with Crippen LogP contribution in [0, 0.1) is 6.92 Å². The summed E-state index contributed by atoms with van der Waals surface area (Å²) in [6.07, 6.45) is 2.46.